The highest BCUT2D eigenvalue weighted by molar-refractivity contribution is 5.84. The van der Waals surface area contributed by atoms with E-state index in [4.69, 9.17) is 0 Å². The lowest BCUT2D eigenvalue weighted by molar-refractivity contribution is -0.131. The fourth-order valence-electron chi connectivity index (χ4n) is 1.19. The lowest BCUT2D eigenvalue weighted by Gasteiger charge is -2.34. The van der Waals surface area contributed by atoms with Crippen molar-refractivity contribution in [3.8, 4) is 0 Å². The molecule has 1 fully saturated rings. The smallest absolute Gasteiger partial charge is 0.257 e. The van der Waals surface area contributed by atoms with E-state index in [0.29, 0.717) is 12.8 Å². The van der Waals surface area contributed by atoms with Crippen LogP contribution in [0, 0.1) is 0 Å². The van der Waals surface area contributed by atoms with Crippen LogP contribution in [-0.2, 0) is 4.79 Å². The van der Waals surface area contributed by atoms with Gasteiger partial charge in [-0.2, -0.15) is 0 Å². The Morgan fingerprint density at radius 2 is 2.08 bits per heavy atom. The van der Waals surface area contributed by atoms with E-state index >= 15 is 0 Å². The molecule has 1 amide bonds. The van der Waals surface area contributed by atoms with Gasteiger partial charge in [-0.1, -0.05) is 0 Å². The third kappa shape index (κ3) is 2.64. The number of alkyl halides is 2. The van der Waals surface area contributed by atoms with Crippen molar-refractivity contribution in [1.29, 1.82) is 0 Å². The molecule has 0 aromatic rings. The van der Waals surface area contributed by atoms with Crippen molar-refractivity contribution in [2.24, 2.45) is 0 Å². The number of nitrogens with one attached hydrogen (secondary N) is 1. The van der Waals surface area contributed by atoms with Crippen molar-refractivity contribution < 1.29 is 13.6 Å². The van der Waals surface area contributed by atoms with Crippen molar-refractivity contribution in [3.05, 3.63) is 0 Å². The van der Waals surface area contributed by atoms with E-state index < -0.39 is 17.2 Å². The van der Waals surface area contributed by atoms with Crippen LogP contribution in [0.3, 0.4) is 0 Å². The first kappa shape index (κ1) is 10.4. The summed E-state index contributed by atoms with van der Waals surface area (Å²) >= 11 is 0. The Bertz CT molecular complexity index is 206. The summed E-state index contributed by atoms with van der Waals surface area (Å²) in [6, 6.07) is 0. The molecule has 1 aliphatic rings. The van der Waals surface area contributed by atoms with Crippen LogP contribution in [0.1, 0.15) is 33.1 Å². The Hall–Kier alpha value is -0.670. The average molecular weight is 191 g/mol. The predicted molar refractivity (Wildman–Crippen MR) is 45.9 cm³/mol. The van der Waals surface area contributed by atoms with Crippen LogP contribution in [0.5, 0.6) is 0 Å². The maximum atomic E-state index is 13.3. The number of carbonyl (C=O) groups excluding carboxylic acids is 1. The van der Waals surface area contributed by atoms with Crippen LogP contribution in [0.15, 0.2) is 0 Å². The molecule has 1 N–H and O–H groups in total. The van der Waals surface area contributed by atoms with Crippen molar-refractivity contribution >= 4 is 5.91 Å². The van der Waals surface area contributed by atoms with Crippen LogP contribution in [0.4, 0.5) is 8.78 Å². The largest absolute Gasteiger partial charge is 0.350 e. The first-order chi connectivity index (χ1) is 5.83. The second-order valence-corrected chi connectivity index (χ2v) is 4.16. The van der Waals surface area contributed by atoms with Gasteiger partial charge in [-0.15, -0.1) is 0 Å². The Kier molecular flexibility index (Phi) is 2.59. The number of rotatable bonds is 3. The van der Waals surface area contributed by atoms with E-state index in [2.05, 4.69) is 5.32 Å². The molecule has 0 aromatic heterocycles. The maximum absolute atomic E-state index is 13.3. The molecule has 0 saturated heterocycles. The highest BCUT2D eigenvalue weighted by Gasteiger charge is 2.38. The standard InChI is InChI=1S/C9H15F2NO/c1-8(2,10)7(13)12-6-9(11)4-3-5-9/h3-6H2,1-2H3,(H,12,13). The van der Waals surface area contributed by atoms with Gasteiger partial charge in [0.1, 0.15) is 5.67 Å². The van der Waals surface area contributed by atoms with Gasteiger partial charge in [0.2, 0.25) is 0 Å². The summed E-state index contributed by atoms with van der Waals surface area (Å²) in [7, 11) is 0. The van der Waals surface area contributed by atoms with Crippen molar-refractivity contribution in [3.63, 3.8) is 0 Å². The second-order valence-electron chi connectivity index (χ2n) is 4.16. The summed E-state index contributed by atoms with van der Waals surface area (Å²) < 4.78 is 26.3. The molecule has 4 heteroatoms. The minimum absolute atomic E-state index is 0.0564. The fraction of sp³-hybridized carbons (Fsp3) is 0.889. The summed E-state index contributed by atoms with van der Waals surface area (Å²) in [5, 5.41) is 2.28. The molecule has 1 rings (SSSR count). The van der Waals surface area contributed by atoms with Gasteiger partial charge in [0.25, 0.3) is 5.91 Å². The van der Waals surface area contributed by atoms with E-state index in [1.807, 2.05) is 0 Å². The molecule has 0 atom stereocenters. The molecule has 13 heavy (non-hydrogen) atoms. The Morgan fingerprint density at radius 1 is 1.54 bits per heavy atom. The topological polar surface area (TPSA) is 29.1 Å². The monoisotopic (exact) mass is 191 g/mol. The maximum Gasteiger partial charge on any atom is 0.257 e. The van der Waals surface area contributed by atoms with Crippen molar-refractivity contribution in [2.45, 2.75) is 44.4 Å². The summed E-state index contributed by atoms with van der Waals surface area (Å²) in [4.78, 5) is 11.0. The minimum atomic E-state index is -1.92. The van der Waals surface area contributed by atoms with Gasteiger partial charge < -0.3 is 5.32 Å². The van der Waals surface area contributed by atoms with Crippen molar-refractivity contribution in [1.82, 2.24) is 5.32 Å². The average Bonchev–Trinajstić information content (AvgIpc) is 1.94. The number of amides is 1. The van der Waals surface area contributed by atoms with Gasteiger partial charge in [0, 0.05) is 0 Å². The summed E-state index contributed by atoms with van der Waals surface area (Å²) in [6.07, 6.45) is 1.80. The summed E-state index contributed by atoms with van der Waals surface area (Å²) in [5.74, 6) is -0.739. The number of carbonyl (C=O) groups is 1. The van der Waals surface area contributed by atoms with Crippen LogP contribution >= 0.6 is 0 Å². The molecular formula is C9H15F2NO. The fourth-order valence-corrected chi connectivity index (χ4v) is 1.19. The summed E-state index contributed by atoms with van der Waals surface area (Å²) in [5.41, 5.74) is -3.19. The van der Waals surface area contributed by atoms with Gasteiger partial charge in [-0.3, -0.25) is 4.79 Å². The number of hydrogen-bond acceptors (Lipinski definition) is 1. The van der Waals surface area contributed by atoms with E-state index in [-0.39, 0.29) is 6.54 Å². The molecule has 1 aliphatic carbocycles. The Balaban J connectivity index is 2.30. The van der Waals surface area contributed by atoms with Crippen LogP contribution in [0.2, 0.25) is 0 Å². The van der Waals surface area contributed by atoms with E-state index in [1.165, 1.54) is 0 Å². The van der Waals surface area contributed by atoms with Gasteiger partial charge in [-0.25, -0.2) is 8.78 Å². The lowest BCUT2D eigenvalue weighted by atomic mass is 9.82. The first-order valence-corrected chi connectivity index (χ1v) is 4.50. The molecule has 0 aromatic carbocycles. The molecule has 0 heterocycles. The molecule has 76 valence electrons. The molecule has 2 nitrogen and oxygen atoms in total. The molecule has 0 aliphatic heterocycles. The normalized spacial score (nSPS) is 20.6. The molecular weight excluding hydrogens is 176 g/mol. The van der Waals surface area contributed by atoms with Gasteiger partial charge >= 0.3 is 0 Å². The zero-order chi connectivity index (χ0) is 10.1. The third-order valence-electron chi connectivity index (χ3n) is 2.36. The van der Waals surface area contributed by atoms with Gasteiger partial charge in [0.15, 0.2) is 5.67 Å². The summed E-state index contributed by atoms with van der Waals surface area (Å²) in [6.45, 7) is 2.27. The third-order valence-corrected chi connectivity index (χ3v) is 2.36. The first-order valence-electron chi connectivity index (χ1n) is 4.50. The SMILES string of the molecule is CC(C)(F)C(=O)NCC1(F)CCC1. The van der Waals surface area contributed by atoms with E-state index in [1.54, 1.807) is 0 Å². The minimum Gasteiger partial charge on any atom is -0.350 e. The van der Waals surface area contributed by atoms with Gasteiger partial charge in [-0.05, 0) is 33.1 Å². The predicted octanol–water partition coefficient (Wildman–Crippen LogP) is 1.74. The second kappa shape index (κ2) is 3.24. The molecule has 0 radical (unpaired) electrons. The number of hydrogen-bond donors (Lipinski definition) is 1. The quantitative estimate of drug-likeness (QED) is 0.723. The zero-order valence-electron chi connectivity index (χ0n) is 7.99. The van der Waals surface area contributed by atoms with Crippen LogP contribution < -0.4 is 5.32 Å². The Morgan fingerprint density at radius 3 is 2.38 bits per heavy atom. The van der Waals surface area contributed by atoms with Crippen LogP contribution in [-0.4, -0.2) is 23.8 Å². The highest BCUT2D eigenvalue weighted by atomic mass is 19.1. The zero-order valence-corrected chi connectivity index (χ0v) is 7.99. The van der Waals surface area contributed by atoms with Crippen molar-refractivity contribution in [2.75, 3.05) is 6.54 Å². The number of halogens is 2. The van der Waals surface area contributed by atoms with E-state index in [9.17, 15) is 13.6 Å². The Labute approximate surface area is 76.7 Å². The molecule has 0 bridgehead atoms. The van der Waals surface area contributed by atoms with E-state index in [0.717, 1.165) is 20.3 Å². The molecule has 0 spiro atoms. The van der Waals surface area contributed by atoms with Gasteiger partial charge in [0.05, 0.1) is 6.54 Å². The highest BCUT2D eigenvalue weighted by Crippen LogP contribution is 2.34. The molecule has 1 saturated carbocycles. The van der Waals surface area contributed by atoms with Crippen LogP contribution in [0.25, 0.3) is 0 Å². The lowest BCUT2D eigenvalue weighted by Crippen LogP contribution is -2.48. The molecule has 0 unspecified atom stereocenters.